The molecule has 0 amide bonds. The Morgan fingerprint density at radius 3 is 2.35 bits per heavy atom. The van der Waals surface area contributed by atoms with E-state index in [0.29, 0.717) is 11.5 Å². The molecule has 0 aliphatic heterocycles. The van der Waals surface area contributed by atoms with Gasteiger partial charge in [0.1, 0.15) is 13.8 Å². The maximum absolute atomic E-state index is 12.9. The Balaban J connectivity index is 2.26. The third kappa shape index (κ3) is 5.37. The summed E-state index contributed by atoms with van der Waals surface area (Å²) in [5.74, 6) is 6.48. The predicted octanol–water partition coefficient (Wildman–Crippen LogP) is 3.64. The van der Waals surface area contributed by atoms with Gasteiger partial charge in [0.15, 0.2) is 5.76 Å². The van der Waals surface area contributed by atoms with E-state index in [-0.39, 0.29) is 18.0 Å². The Kier molecular flexibility index (Phi) is 6.15. The number of hydrogen-bond acceptors (Lipinski definition) is 3. The topological polar surface area (TPSA) is 50.5 Å². The molecule has 0 bridgehead atoms. The van der Waals surface area contributed by atoms with Crippen molar-refractivity contribution in [3.8, 4) is 23.8 Å². The lowest BCUT2D eigenvalue weighted by molar-refractivity contribution is 0.386. The maximum atomic E-state index is 12.9. The normalized spacial score (nSPS) is 11.7. The molecule has 2 rings (SSSR count). The van der Waals surface area contributed by atoms with E-state index in [2.05, 4.69) is 37.0 Å². The van der Waals surface area contributed by atoms with Crippen molar-refractivity contribution < 1.29 is 12.8 Å². The van der Waals surface area contributed by atoms with Gasteiger partial charge in [-0.25, -0.2) is 8.42 Å². The smallest absolute Gasteiger partial charge is 0.244 e. The predicted molar refractivity (Wildman–Crippen MR) is 107 cm³/mol. The fraction of sp³-hybridized carbons (Fsp3) is 0.300. The van der Waals surface area contributed by atoms with E-state index in [1.165, 1.54) is 4.31 Å². The van der Waals surface area contributed by atoms with Gasteiger partial charge < -0.3 is 4.42 Å². The van der Waals surface area contributed by atoms with Crippen LogP contribution in [0.25, 0.3) is 0 Å². The van der Waals surface area contributed by atoms with Crippen LogP contribution in [-0.4, -0.2) is 27.3 Å². The zero-order valence-corrected chi connectivity index (χ0v) is 17.4. The Morgan fingerprint density at radius 1 is 1.12 bits per heavy atom. The van der Waals surface area contributed by atoms with Crippen LogP contribution in [0, 0.1) is 30.7 Å². The number of hydrogen-bond donors (Lipinski definition) is 0. The van der Waals surface area contributed by atoms with Crippen molar-refractivity contribution in [3.05, 3.63) is 53.5 Å². The van der Waals surface area contributed by atoms with Crippen LogP contribution in [0.3, 0.4) is 0 Å². The van der Waals surface area contributed by atoms with E-state index < -0.39 is 18.1 Å². The van der Waals surface area contributed by atoms with Crippen LogP contribution in [0.15, 0.2) is 45.7 Å². The molecule has 1 aromatic carbocycles. The van der Waals surface area contributed by atoms with Crippen molar-refractivity contribution in [2.45, 2.75) is 38.0 Å². The highest BCUT2D eigenvalue weighted by Gasteiger charge is 2.25. The lowest BCUT2D eigenvalue weighted by Crippen LogP contribution is -2.30. The van der Waals surface area contributed by atoms with E-state index in [4.69, 9.17) is 10.8 Å². The van der Waals surface area contributed by atoms with Crippen molar-refractivity contribution in [1.82, 2.24) is 4.31 Å². The second-order valence-electron chi connectivity index (χ2n) is 7.06. The summed E-state index contributed by atoms with van der Waals surface area (Å²) < 4.78 is 32.6. The minimum atomic E-state index is -3.70. The van der Waals surface area contributed by atoms with Crippen LogP contribution in [0.1, 0.15) is 17.1 Å². The van der Waals surface area contributed by atoms with Crippen molar-refractivity contribution >= 4 is 18.1 Å². The standard InChI is InChI=1S/C20H23NO3SSi/c1-6-14-21(25(22,23)20-11-7-17(2)8-12-20)16-19-10-9-18(24-19)13-15-26(3,4)5/h1,7-12H,14,16H2,2-5H3. The van der Waals surface area contributed by atoms with Crippen LogP contribution in [-0.2, 0) is 16.6 Å². The molecule has 6 heteroatoms. The molecule has 4 nitrogen and oxygen atoms in total. The van der Waals surface area contributed by atoms with Gasteiger partial charge in [-0.3, -0.25) is 0 Å². The SMILES string of the molecule is C#CCN(Cc1ccc(C#C[Si](C)(C)C)o1)S(=O)(=O)c1ccc(C)cc1. The molecule has 136 valence electrons. The third-order valence-corrected chi connectivity index (χ3v) is 6.16. The summed E-state index contributed by atoms with van der Waals surface area (Å²) in [4.78, 5) is 0.212. The second kappa shape index (κ2) is 7.97. The molecule has 0 fully saturated rings. The zero-order chi connectivity index (χ0) is 19.4. The van der Waals surface area contributed by atoms with Gasteiger partial charge in [-0.15, -0.1) is 12.0 Å². The van der Waals surface area contributed by atoms with Crippen LogP contribution in [0.4, 0.5) is 0 Å². The van der Waals surface area contributed by atoms with Crippen LogP contribution in [0.2, 0.25) is 19.6 Å². The quantitative estimate of drug-likeness (QED) is 0.583. The summed E-state index contributed by atoms with van der Waals surface area (Å²) in [6.07, 6.45) is 5.38. The molecule has 1 heterocycles. The molecule has 1 aromatic heterocycles. The third-order valence-electron chi connectivity index (χ3n) is 3.48. The number of nitrogens with zero attached hydrogens (tertiary/aromatic N) is 1. The van der Waals surface area contributed by atoms with E-state index in [9.17, 15) is 8.42 Å². The fourth-order valence-electron chi connectivity index (χ4n) is 2.14. The van der Waals surface area contributed by atoms with Crippen LogP contribution < -0.4 is 0 Å². The van der Waals surface area contributed by atoms with Crippen molar-refractivity contribution in [2.24, 2.45) is 0 Å². The first kappa shape index (κ1) is 20.1. The summed E-state index contributed by atoms with van der Waals surface area (Å²) in [6, 6.07) is 10.2. The first-order valence-electron chi connectivity index (χ1n) is 8.24. The molecule has 0 spiro atoms. The van der Waals surface area contributed by atoms with Gasteiger partial charge in [0.2, 0.25) is 10.0 Å². The summed E-state index contributed by atoms with van der Waals surface area (Å²) in [5, 5.41) is 0. The summed E-state index contributed by atoms with van der Waals surface area (Å²) >= 11 is 0. The molecule has 0 radical (unpaired) electrons. The molecule has 2 aromatic rings. The molecule has 0 saturated heterocycles. The van der Waals surface area contributed by atoms with Gasteiger partial charge in [-0.1, -0.05) is 43.3 Å². The highest BCUT2D eigenvalue weighted by atomic mass is 32.2. The molecule has 0 atom stereocenters. The molecular formula is C20H23NO3SSi. The largest absolute Gasteiger partial charge is 0.451 e. The minimum absolute atomic E-state index is 0.0349. The molecule has 0 aliphatic rings. The van der Waals surface area contributed by atoms with Crippen LogP contribution >= 0.6 is 0 Å². The first-order valence-corrected chi connectivity index (χ1v) is 13.2. The maximum Gasteiger partial charge on any atom is 0.244 e. The highest BCUT2D eigenvalue weighted by Crippen LogP contribution is 2.19. The number of furan rings is 1. The monoisotopic (exact) mass is 385 g/mol. The highest BCUT2D eigenvalue weighted by molar-refractivity contribution is 7.89. The van der Waals surface area contributed by atoms with E-state index in [1.54, 1.807) is 36.4 Å². The summed E-state index contributed by atoms with van der Waals surface area (Å²) in [5.41, 5.74) is 4.21. The lowest BCUT2D eigenvalue weighted by atomic mass is 10.2. The zero-order valence-electron chi connectivity index (χ0n) is 15.5. The number of benzene rings is 1. The molecule has 0 unspecified atom stereocenters. The Morgan fingerprint density at radius 2 is 1.77 bits per heavy atom. The van der Waals surface area contributed by atoms with E-state index in [0.717, 1.165) is 5.56 Å². The lowest BCUT2D eigenvalue weighted by Gasteiger charge is -2.18. The van der Waals surface area contributed by atoms with Crippen molar-refractivity contribution in [1.29, 1.82) is 0 Å². The van der Waals surface area contributed by atoms with Crippen LogP contribution in [0.5, 0.6) is 0 Å². The van der Waals surface area contributed by atoms with Gasteiger partial charge in [0, 0.05) is 0 Å². The van der Waals surface area contributed by atoms with Gasteiger partial charge in [-0.2, -0.15) is 4.31 Å². The number of rotatable bonds is 5. The van der Waals surface area contributed by atoms with Crippen molar-refractivity contribution in [2.75, 3.05) is 6.54 Å². The molecule has 26 heavy (non-hydrogen) atoms. The summed E-state index contributed by atoms with van der Waals surface area (Å²) in [7, 11) is -5.21. The Labute approximate surface area is 157 Å². The van der Waals surface area contributed by atoms with E-state index >= 15 is 0 Å². The van der Waals surface area contributed by atoms with Gasteiger partial charge in [0.25, 0.3) is 0 Å². The van der Waals surface area contributed by atoms with Gasteiger partial charge in [0.05, 0.1) is 18.0 Å². The molecule has 0 aliphatic carbocycles. The number of aryl methyl sites for hydroxylation is 1. The molecule has 0 saturated carbocycles. The summed E-state index contributed by atoms with van der Waals surface area (Å²) in [6.45, 7) is 8.37. The molecule has 0 N–H and O–H groups in total. The number of sulfonamides is 1. The minimum Gasteiger partial charge on any atom is -0.451 e. The van der Waals surface area contributed by atoms with E-state index in [1.807, 2.05) is 6.92 Å². The average Bonchev–Trinajstić information content (AvgIpc) is 3.00. The first-order chi connectivity index (χ1) is 12.1. The Hall–Kier alpha value is -2.25. The van der Waals surface area contributed by atoms with Crippen molar-refractivity contribution in [3.63, 3.8) is 0 Å². The Bertz CT molecular complexity index is 965. The second-order valence-corrected chi connectivity index (χ2v) is 13.7. The number of terminal acetylenes is 1. The van der Waals surface area contributed by atoms with Gasteiger partial charge >= 0.3 is 0 Å². The average molecular weight is 386 g/mol. The fourth-order valence-corrected chi connectivity index (χ4v) is 3.96. The molecular weight excluding hydrogens is 362 g/mol. The van der Waals surface area contributed by atoms with Gasteiger partial charge in [-0.05, 0) is 37.1 Å².